The fourth-order valence-electron chi connectivity index (χ4n) is 6.96. The number of hydrogen-bond acceptors (Lipinski definition) is 9. The molecule has 1 amide bonds. The van der Waals surface area contributed by atoms with E-state index in [0.29, 0.717) is 43.1 Å². The van der Waals surface area contributed by atoms with E-state index in [2.05, 4.69) is 35.9 Å². The highest BCUT2D eigenvalue weighted by Gasteiger charge is 2.42. The highest BCUT2D eigenvalue weighted by atomic mass is 35.5. The van der Waals surface area contributed by atoms with Gasteiger partial charge in [-0.2, -0.15) is 4.31 Å². The van der Waals surface area contributed by atoms with Crippen molar-refractivity contribution in [2.75, 3.05) is 44.8 Å². The Kier molecular flexibility index (Phi) is 9.57. The van der Waals surface area contributed by atoms with Crippen molar-refractivity contribution in [2.24, 2.45) is 0 Å². The van der Waals surface area contributed by atoms with Crippen molar-refractivity contribution in [3.8, 4) is 11.5 Å². The maximum atomic E-state index is 13.5. The third-order valence-electron chi connectivity index (χ3n) is 9.96. The van der Waals surface area contributed by atoms with E-state index in [-0.39, 0.29) is 50.0 Å². The highest BCUT2D eigenvalue weighted by molar-refractivity contribution is 7.91. The lowest BCUT2D eigenvalue weighted by Gasteiger charge is -2.52. The summed E-state index contributed by atoms with van der Waals surface area (Å²) in [6.07, 6.45) is 1.40. The number of anilines is 1. The second-order valence-corrected chi connectivity index (χ2v) is 17.3. The zero-order chi connectivity index (χ0) is 34.4. The van der Waals surface area contributed by atoms with Gasteiger partial charge in [0.25, 0.3) is 0 Å². The lowest BCUT2D eigenvalue weighted by Crippen LogP contribution is -2.62. The van der Waals surface area contributed by atoms with Crippen LogP contribution in [0.1, 0.15) is 52.1 Å². The first-order valence-electron chi connectivity index (χ1n) is 16.0. The maximum absolute atomic E-state index is 13.5. The number of carbonyl (C=O) groups excluding carboxylic acids is 1. The largest absolute Gasteiger partial charge is 0.454 e. The van der Waals surface area contributed by atoms with Gasteiger partial charge in [0.15, 0.2) is 11.5 Å². The Labute approximate surface area is 287 Å². The fraction of sp³-hybridized carbons (Fsp3) is 0.441. The van der Waals surface area contributed by atoms with Gasteiger partial charge in [-0.25, -0.2) is 16.8 Å². The minimum absolute atomic E-state index is 0.0769. The average Bonchev–Trinajstić information content (AvgIpc) is 3.54. The fourth-order valence-corrected chi connectivity index (χ4v) is 9.99. The number of benzene rings is 3. The average molecular weight is 717 g/mol. The van der Waals surface area contributed by atoms with Crippen LogP contribution in [0.2, 0.25) is 5.02 Å². The Morgan fingerprint density at radius 3 is 2.19 bits per heavy atom. The summed E-state index contributed by atoms with van der Waals surface area (Å²) in [5.74, 6) is 0.679. The topological polar surface area (TPSA) is 126 Å². The third kappa shape index (κ3) is 6.68. The standard InChI is InChI=1S/C34H41ClN4O7S2/c1-23-21-37(34(4)13-15-38(16-14-34)48(43,44)29-9-11-31(30(35)19-29)36-25(3)40)17-18-39(23)24(2)26-5-7-27(8-6-26)47(41,42)28-10-12-32-33(20-28)46-22-45-32/h5-12,19-20,23-24H,13-18,21-22H2,1-4H3,(H,36,40)/t23-,24+/m1/s1. The Morgan fingerprint density at radius 1 is 0.896 bits per heavy atom. The van der Waals surface area contributed by atoms with Crippen LogP contribution in [-0.4, -0.2) is 87.9 Å². The maximum Gasteiger partial charge on any atom is 0.243 e. The molecule has 0 unspecified atom stereocenters. The monoisotopic (exact) mass is 716 g/mol. The second kappa shape index (κ2) is 13.3. The molecule has 2 saturated heterocycles. The number of sulfonamides is 1. The number of carbonyl (C=O) groups is 1. The molecule has 0 bridgehead atoms. The summed E-state index contributed by atoms with van der Waals surface area (Å²) in [4.78, 5) is 16.8. The van der Waals surface area contributed by atoms with Crippen molar-refractivity contribution in [3.63, 3.8) is 0 Å². The van der Waals surface area contributed by atoms with E-state index in [1.165, 1.54) is 41.6 Å². The number of halogens is 1. The van der Waals surface area contributed by atoms with E-state index in [1.807, 2.05) is 12.1 Å². The van der Waals surface area contributed by atoms with E-state index in [0.717, 1.165) is 25.2 Å². The molecule has 0 spiro atoms. The van der Waals surface area contributed by atoms with Crippen molar-refractivity contribution in [1.29, 1.82) is 0 Å². The highest BCUT2D eigenvalue weighted by Crippen LogP contribution is 2.37. The summed E-state index contributed by atoms with van der Waals surface area (Å²) in [6, 6.07) is 16.5. The number of nitrogens with zero attached hydrogens (tertiary/aromatic N) is 3. The molecule has 258 valence electrons. The summed E-state index contributed by atoms with van der Waals surface area (Å²) in [6.45, 7) is 11.3. The number of piperazine rings is 1. The zero-order valence-corrected chi connectivity index (χ0v) is 29.9. The predicted molar refractivity (Wildman–Crippen MR) is 183 cm³/mol. The van der Waals surface area contributed by atoms with Gasteiger partial charge in [-0.3, -0.25) is 14.6 Å². The Balaban J connectivity index is 1.06. The summed E-state index contributed by atoms with van der Waals surface area (Å²) in [5.41, 5.74) is 1.27. The summed E-state index contributed by atoms with van der Waals surface area (Å²) in [5, 5.41) is 2.78. The van der Waals surface area contributed by atoms with Crippen LogP contribution < -0.4 is 14.8 Å². The molecule has 2 fully saturated rings. The Morgan fingerprint density at radius 2 is 1.54 bits per heavy atom. The lowest BCUT2D eigenvalue weighted by molar-refractivity contribution is -0.114. The smallest absolute Gasteiger partial charge is 0.243 e. The van der Waals surface area contributed by atoms with Gasteiger partial charge in [-0.1, -0.05) is 23.7 Å². The van der Waals surface area contributed by atoms with Crippen molar-refractivity contribution < 1.29 is 31.1 Å². The van der Waals surface area contributed by atoms with Gasteiger partial charge in [-0.15, -0.1) is 0 Å². The molecule has 3 aromatic rings. The minimum atomic E-state index is -3.74. The van der Waals surface area contributed by atoms with Crippen molar-refractivity contribution in [3.05, 3.63) is 71.2 Å². The lowest BCUT2D eigenvalue weighted by atomic mass is 9.87. The van der Waals surface area contributed by atoms with Gasteiger partial charge >= 0.3 is 0 Å². The zero-order valence-electron chi connectivity index (χ0n) is 27.5. The first kappa shape index (κ1) is 34.7. The number of amides is 1. The third-order valence-corrected chi connectivity index (χ3v) is 13.9. The van der Waals surface area contributed by atoms with Crippen LogP contribution >= 0.6 is 11.6 Å². The summed E-state index contributed by atoms with van der Waals surface area (Å²) in [7, 11) is -7.46. The number of hydrogen-bond donors (Lipinski definition) is 1. The van der Waals surface area contributed by atoms with Crippen LogP contribution in [0.3, 0.4) is 0 Å². The van der Waals surface area contributed by atoms with Gasteiger partial charge in [0.1, 0.15) is 0 Å². The van der Waals surface area contributed by atoms with E-state index in [1.54, 1.807) is 18.2 Å². The molecule has 11 nitrogen and oxygen atoms in total. The molecule has 1 N–H and O–H groups in total. The van der Waals surface area contributed by atoms with Gasteiger partial charge in [0.2, 0.25) is 32.6 Å². The molecule has 0 aliphatic carbocycles. The van der Waals surface area contributed by atoms with E-state index >= 15 is 0 Å². The van der Waals surface area contributed by atoms with Crippen LogP contribution in [-0.2, 0) is 24.7 Å². The number of sulfone groups is 1. The molecule has 48 heavy (non-hydrogen) atoms. The van der Waals surface area contributed by atoms with Gasteiger partial charge in [-0.05, 0) is 81.6 Å². The number of fused-ring (bicyclic) bond motifs is 1. The van der Waals surface area contributed by atoms with Gasteiger partial charge < -0.3 is 14.8 Å². The number of nitrogens with one attached hydrogen (secondary N) is 1. The van der Waals surface area contributed by atoms with Gasteiger partial charge in [0.05, 0.1) is 25.4 Å². The molecule has 3 aliphatic heterocycles. The Bertz CT molecular complexity index is 1910. The quantitative estimate of drug-likeness (QED) is 0.336. The molecule has 3 aromatic carbocycles. The van der Waals surface area contributed by atoms with Crippen LogP contribution in [0.15, 0.2) is 75.4 Å². The number of rotatable bonds is 8. The first-order chi connectivity index (χ1) is 22.7. The normalized spacial score (nSPS) is 21.1. The van der Waals surface area contributed by atoms with E-state index in [4.69, 9.17) is 21.1 Å². The van der Waals surface area contributed by atoms with E-state index < -0.39 is 19.9 Å². The molecule has 6 rings (SSSR count). The van der Waals surface area contributed by atoms with Crippen LogP contribution in [0.4, 0.5) is 5.69 Å². The number of ether oxygens (including phenoxy) is 2. The molecular formula is C34H41ClN4O7S2. The molecule has 0 radical (unpaired) electrons. The Hall–Kier alpha value is -3.20. The van der Waals surface area contributed by atoms with E-state index in [9.17, 15) is 21.6 Å². The second-order valence-electron chi connectivity index (χ2n) is 13.0. The van der Waals surface area contributed by atoms with Crippen LogP contribution in [0.25, 0.3) is 0 Å². The molecule has 0 aromatic heterocycles. The molecule has 14 heteroatoms. The molecule has 3 aliphatic rings. The van der Waals surface area contributed by atoms with Crippen molar-refractivity contribution in [2.45, 2.75) is 72.8 Å². The summed E-state index contributed by atoms with van der Waals surface area (Å²) >= 11 is 6.28. The van der Waals surface area contributed by atoms with Crippen molar-refractivity contribution >= 4 is 43.1 Å². The summed E-state index contributed by atoms with van der Waals surface area (Å²) < 4.78 is 65.8. The minimum Gasteiger partial charge on any atom is -0.454 e. The molecule has 2 atom stereocenters. The van der Waals surface area contributed by atoms with Gasteiger partial charge in [0, 0.05) is 63.3 Å². The SMILES string of the molecule is CC(=O)Nc1ccc(S(=O)(=O)N2CCC(C)(N3CCN([C@@H](C)c4ccc(S(=O)(=O)c5ccc6c(c5)OCO6)cc4)[C@H](C)C3)CC2)cc1Cl. The first-order valence-corrected chi connectivity index (χ1v) is 19.3. The molecule has 0 saturated carbocycles. The van der Waals surface area contributed by atoms with Crippen LogP contribution in [0, 0.1) is 0 Å². The number of piperidine rings is 1. The van der Waals surface area contributed by atoms with Crippen molar-refractivity contribution in [1.82, 2.24) is 14.1 Å². The van der Waals surface area contributed by atoms with Crippen LogP contribution in [0.5, 0.6) is 11.5 Å². The predicted octanol–water partition coefficient (Wildman–Crippen LogP) is 5.17. The molecule has 3 heterocycles. The molecular weight excluding hydrogens is 676 g/mol.